The number of benzene rings is 1. The molecule has 1 aromatic carbocycles. The van der Waals surface area contributed by atoms with Gasteiger partial charge in [0.1, 0.15) is 0 Å². The molecule has 0 radical (unpaired) electrons. The van der Waals surface area contributed by atoms with Gasteiger partial charge in [-0.15, -0.1) is 6.58 Å². The zero-order valence-electron chi connectivity index (χ0n) is 12.5. The van der Waals surface area contributed by atoms with Crippen molar-refractivity contribution >= 4 is 11.6 Å². The van der Waals surface area contributed by atoms with Crippen molar-refractivity contribution in [1.29, 1.82) is 0 Å². The number of carbonyl (C=O) groups is 1. The minimum absolute atomic E-state index is 0.125. The number of nitrogens with one attached hydrogen (secondary N) is 1. The van der Waals surface area contributed by atoms with Crippen LogP contribution < -0.4 is 5.32 Å². The topological polar surface area (TPSA) is 29.1 Å². The Morgan fingerprint density at radius 2 is 1.80 bits per heavy atom. The van der Waals surface area contributed by atoms with Crippen LogP contribution in [-0.4, -0.2) is 5.91 Å². The van der Waals surface area contributed by atoms with Crippen LogP contribution in [0, 0.1) is 0 Å². The van der Waals surface area contributed by atoms with E-state index >= 15 is 0 Å². The third-order valence-electron chi connectivity index (χ3n) is 3.22. The van der Waals surface area contributed by atoms with Gasteiger partial charge in [-0.2, -0.15) is 0 Å². The number of anilines is 1. The minimum atomic E-state index is -0.125. The Morgan fingerprint density at radius 1 is 1.15 bits per heavy atom. The summed E-state index contributed by atoms with van der Waals surface area (Å²) < 4.78 is 0. The Bertz CT molecular complexity index is 445. The van der Waals surface area contributed by atoms with Crippen LogP contribution in [0.2, 0.25) is 0 Å². The predicted molar refractivity (Wildman–Crippen MR) is 86.9 cm³/mol. The maximum absolute atomic E-state index is 11.5. The molecule has 0 aromatic heterocycles. The van der Waals surface area contributed by atoms with Crippen molar-refractivity contribution in [1.82, 2.24) is 0 Å². The zero-order valence-corrected chi connectivity index (χ0v) is 12.5. The molecule has 0 bridgehead atoms. The average molecular weight is 271 g/mol. The Kier molecular flexibility index (Phi) is 7.41. The number of rotatable bonds is 9. The molecule has 2 heteroatoms. The highest BCUT2D eigenvalue weighted by Gasteiger charge is 2.02. The number of unbranched alkanes of at least 4 members (excludes halogenated alkanes) is 4. The molecule has 0 unspecified atom stereocenters. The van der Waals surface area contributed by atoms with Gasteiger partial charge in [0.15, 0.2) is 0 Å². The van der Waals surface area contributed by atoms with Crippen LogP contribution in [0.3, 0.4) is 0 Å². The lowest BCUT2D eigenvalue weighted by Gasteiger charge is -2.06. The quantitative estimate of drug-likeness (QED) is 0.387. The Morgan fingerprint density at radius 3 is 2.40 bits per heavy atom. The number of carbonyl (C=O) groups excluding carboxylic acids is 1. The molecule has 0 heterocycles. The van der Waals surface area contributed by atoms with Crippen LogP contribution in [-0.2, 0) is 11.2 Å². The fraction of sp³-hybridized carbons (Fsp3) is 0.389. The molecule has 0 fully saturated rings. The third-order valence-corrected chi connectivity index (χ3v) is 3.22. The fourth-order valence-electron chi connectivity index (χ4n) is 1.96. The molecule has 2 nitrogen and oxygen atoms in total. The van der Waals surface area contributed by atoms with E-state index < -0.39 is 0 Å². The van der Waals surface area contributed by atoms with E-state index in [1.807, 2.05) is 18.2 Å². The third kappa shape index (κ3) is 6.37. The van der Waals surface area contributed by atoms with E-state index in [1.165, 1.54) is 31.2 Å². The lowest BCUT2D eigenvalue weighted by atomic mass is 10.1. The van der Waals surface area contributed by atoms with Crippen molar-refractivity contribution in [3.63, 3.8) is 0 Å². The Balaban J connectivity index is 2.30. The predicted octanol–water partition coefficient (Wildman–Crippen LogP) is 4.88. The maximum atomic E-state index is 11.5. The molecule has 0 saturated heterocycles. The Hall–Kier alpha value is -1.83. The van der Waals surface area contributed by atoms with Gasteiger partial charge in [0.05, 0.1) is 0 Å². The second-order valence-electron chi connectivity index (χ2n) is 5.17. The van der Waals surface area contributed by atoms with Crippen LogP contribution in [0.4, 0.5) is 5.69 Å². The van der Waals surface area contributed by atoms with Crippen molar-refractivity contribution in [2.75, 3.05) is 5.32 Å². The summed E-state index contributed by atoms with van der Waals surface area (Å²) in [5.74, 6) is -0.125. The van der Waals surface area contributed by atoms with Gasteiger partial charge < -0.3 is 5.32 Å². The molecule has 1 rings (SSSR count). The van der Waals surface area contributed by atoms with Gasteiger partial charge in [0.2, 0.25) is 0 Å². The van der Waals surface area contributed by atoms with E-state index in [4.69, 9.17) is 0 Å². The van der Waals surface area contributed by atoms with Gasteiger partial charge in [-0.05, 0) is 50.3 Å². The summed E-state index contributed by atoms with van der Waals surface area (Å²) >= 11 is 0. The van der Waals surface area contributed by atoms with E-state index in [-0.39, 0.29) is 5.91 Å². The first-order valence-electron chi connectivity index (χ1n) is 7.30. The van der Waals surface area contributed by atoms with Crippen LogP contribution in [0.5, 0.6) is 0 Å². The fourth-order valence-corrected chi connectivity index (χ4v) is 1.96. The van der Waals surface area contributed by atoms with E-state index in [9.17, 15) is 4.79 Å². The normalized spacial score (nSPS) is 10.1. The molecule has 0 saturated carbocycles. The van der Waals surface area contributed by atoms with Crippen LogP contribution in [0.15, 0.2) is 49.1 Å². The molecule has 1 amide bonds. The molecule has 0 spiro atoms. The molecule has 1 N–H and O–H groups in total. The molecule has 1 aromatic rings. The molecular weight excluding hydrogens is 246 g/mol. The highest BCUT2D eigenvalue weighted by atomic mass is 16.1. The summed E-state index contributed by atoms with van der Waals surface area (Å²) in [5, 5.41) is 2.81. The summed E-state index contributed by atoms with van der Waals surface area (Å²) in [6, 6.07) is 8.07. The smallest absolute Gasteiger partial charge is 0.250 e. The lowest BCUT2D eigenvalue weighted by molar-refractivity contribution is -0.112. The highest BCUT2D eigenvalue weighted by Crippen LogP contribution is 2.13. The van der Waals surface area contributed by atoms with Gasteiger partial charge in [-0.25, -0.2) is 0 Å². The van der Waals surface area contributed by atoms with Gasteiger partial charge in [0, 0.05) is 11.3 Å². The highest BCUT2D eigenvalue weighted by molar-refractivity contribution is 6.02. The number of hydrogen-bond donors (Lipinski definition) is 1. The van der Waals surface area contributed by atoms with E-state index in [1.54, 1.807) is 6.92 Å². The number of hydrogen-bond acceptors (Lipinski definition) is 1. The number of allylic oxidation sites excluding steroid dienone is 1. The summed E-state index contributed by atoms with van der Waals surface area (Å²) in [7, 11) is 0. The van der Waals surface area contributed by atoms with Crippen LogP contribution >= 0.6 is 0 Å². The molecular formula is C18H25NO. The van der Waals surface area contributed by atoms with Gasteiger partial charge >= 0.3 is 0 Å². The summed E-state index contributed by atoms with van der Waals surface area (Å²) in [4.78, 5) is 11.5. The SMILES string of the molecule is C=CCCCCCCc1ccc(NC(=O)C(=C)C)cc1. The molecule has 108 valence electrons. The first kappa shape index (κ1) is 16.2. The van der Waals surface area contributed by atoms with Crippen molar-refractivity contribution in [2.45, 2.75) is 45.4 Å². The average Bonchev–Trinajstić information content (AvgIpc) is 2.44. The zero-order chi connectivity index (χ0) is 14.8. The number of amides is 1. The standard InChI is InChI=1S/C18H25NO/c1-4-5-6-7-8-9-10-16-11-13-17(14-12-16)19-18(20)15(2)3/h4,11-14H,1-2,5-10H2,3H3,(H,19,20). The minimum Gasteiger partial charge on any atom is -0.322 e. The monoisotopic (exact) mass is 271 g/mol. The maximum Gasteiger partial charge on any atom is 0.250 e. The summed E-state index contributed by atoms with van der Waals surface area (Å²) in [6.07, 6.45) is 9.21. The number of aryl methyl sites for hydroxylation is 1. The molecule has 0 aliphatic carbocycles. The van der Waals surface area contributed by atoms with Gasteiger partial charge in [0.25, 0.3) is 5.91 Å². The Labute approximate surface area is 122 Å². The van der Waals surface area contributed by atoms with Gasteiger partial charge in [-0.1, -0.05) is 37.6 Å². The van der Waals surface area contributed by atoms with Crippen LogP contribution in [0.1, 0.15) is 44.6 Å². The van der Waals surface area contributed by atoms with Crippen LogP contribution in [0.25, 0.3) is 0 Å². The lowest BCUT2D eigenvalue weighted by Crippen LogP contribution is -2.11. The van der Waals surface area contributed by atoms with Crippen molar-refractivity contribution in [3.05, 3.63) is 54.6 Å². The largest absolute Gasteiger partial charge is 0.322 e. The summed E-state index contributed by atoms with van der Waals surface area (Å²) in [5.41, 5.74) is 2.67. The molecule has 0 atom stereocenters. The second kappa shape index (κ2) is 9.13. The molecule has 0 aliphatic rings. The first-order chi connectivity index (χ1) is 9.63. The second-order valence-corrected chi connectivity index (χ2v) is 5.17. The first-order valence-corrected chi connectivity index (χ1v) is 7.30. The van der Waals surface area contributed by atoms with Crippen molar-refractivity contribution in [2.24, 2.45) is 0 Å². The van der Waals surface area contributed by atoms with E-state index in [0.717, 1.165) is 18.5 Å². The molecule has 0 aliphatic heterocycles. The van der Waals surface area contributed by atoms with E-state index in [0.29, 0.717) is 5.57 Å². The summed E-state index contributed by atoms with van der Waals surface area (Å²) in [6.45, 7) is 9.06. The molecule has 20 heavy (non-hydrogen) atoms. The van der Waals surface area contributed by atoms with E-state index in [2.05, 4.69) is 30.6 Å². The van der Waals surface area contributed by atoms with Gasteiger partial charge in [-0.3, -0.25) is 4.79 Å². The van der Waals surface area contributed by atoms with Crippen molar-refractivity contribution in [3.8, 4) is 0 Å². The van der Waals surface area contributed by atoms with Crippen molar-refractivity contribution < 1.29 is 4.79 Å².